The van der Waals surface area contributed by atoms with Crippen molar-refractivity contribution in [2.24, 2.45) is 4.99 Å². The van der Waals surface area contributed by atoms with Crippen LogP contribution in [0.1, 0.15) is 12.8 Å². The fourth-order valence-electron chi connectivity index (χ4n) is 1.54. The number of hydrogen-bond donors (Lipinski definition) is 1. The van der Waals surface area contributed by atoms with Gasteiger partial charge in [0.1, 0.15) is 5.84 Å². The summed E-state index contributed by atoms with van der Waals surface area (Å²) in [7, 11) is 0. The molecule has 60 valence electrons. The highest BCUT2D eigenvalue weighted by atomic mass is 15.2. The molecule has 2 rings (SSSR count). The second kappa shape index (κ2) is 2.95. The average Bonchev–Trinajstić information content (AvgIpc) is 2.58. The highest BCUT2D eigenvalue weighted by molar-refractivity contribution is 5.85. The topological polar surface area (TPSA) is 27.6 Å². The van der Waals surface area contributed by atoms with Crippen molar-refractivity contribution in [1.82, 2.24) is 10.2 Å². The standard InChI is InChI=1S/C8H13N3/c1-2-6-11(5-1)8-7-9-3-4-10-8/h3-4,9H,1-2,5-7H2. The molecule has 0 spiro atoms. The van der Waals surface area contributed by atoms with Crippen LogP contribution in [0.2, 0.25) is 0 Å². The molecule has 0 aromatic carbocycles. The molecule has 0 atom stereocenters. The van der Waals surface area contributed by atoms with E-state index in [1.807, 2.05) is 12.4 Å². The van der Waals surface area contributed by atoms with Crippen LogP contribution in [0.15, 0.2) is 17.4 Å². The van der Waals surface area contributed by atoms with Gasteiger partial charge >= 0.3 is 0 Å². The van der Waals surface area contributed by atoms with Gasteiger partial charge in [-0.25, -0.2) is 4.99 Å². The lowest BCUT2D eigenvalue weighted by Gasteiger charge is -2.21. The summed E-state index contributed by atoms with van der Waals surface area (Å²) in [5, 5.41) is 3.16. The molecule has 2 aliphatic heterocycles. The Hall–Kier alpha value is -0.990. The lowest BCUT2D eigenvalue weighted by Crippen LogP contribution is -2.36. The van der Waals surface area contributed by atoms with Gasteiger partial charge in [0.2, 0.25) is 0 Å². The molecule has 0 saturated carbocycles. The van der Waals surface area contributed by atoms with Crippen LogP contribution in [0, 0.1) is 0 Å². The molecule has 3 nitrogen and oxygen atoms in total. The zero-order valence-corrected chi connectivity index (χ0v) is 6.58. The Morgan fingerprint density at radius 3 is 2.82 bits per heavy atom. The van der Waals surface area contributed by atoms with E-state index in [0.29, 0.717) is 0 Å². The quantitative estimate of drug-likeness (QED) is 0.547. The first-order valence-corrected chi connectivity index (χ1v) is 4.17. The molecular formula is C8H13N3. The normalized spacial score (nSPS) is 23.3. The number of aliphatic imine (C=N–C) groups is 1. The maximum atomic E-state index is 4.31. The van der Waals surface area contributed by atoms with E-state index >= 15 is 0 Å². The second-order valence-electron chi connectivity index (χ2n) is 2.94. The third kappa shape index (κ3) is 1.37. The van der Waals surface area contributed by atoms with Gasteiger partial charge in [-0.15, -0.1) is 0 Å². The monoisotopic (exact) mass is 151 g/mol. The van der Waals surface area contributed by atoms with Crippen molar-refractivity contribution in [1.29, 1.82) is 0 Å². The smallest absolute Gasteiger partial charge is 0.123 e. The molecule has 1 saturated heterocycles. The van der Waals surface area contributed by atoms with Gasteiger partial charge in [0.15, 0.2) is 0 Å². The molecule has 0 aliphatic carbocycles. The van der Waals surface area contributed by atoms with Crippen LogP contribution in [0.4, 0.5) is 0 Å². The van der Waals surface area contributed by atoms with Crippen molar-refractivity contribution in [3.63, 3.8) is 0 Å². The van der Waals surface area contributed by atoms with Gasteiger partial charge in [0.25, 0.3) is 0 Å². The molecule has 0 bridgehead atoms. The number of nitrogens with zero attached hydrogens (tertiary/aromatic N) is 2. The molecule has 0 aromatic rings. The van der Waals surface area contributed by atoms with E-state index in [-0.39, 0.29) is 0 Å². The van der Waals surface area contributed by atoms with Crippen molar-refractivity contribution in [2.75, 3.05) is 19.6 Å². The maximum Gasteiger partial charge on any atom is 0.123 e. The summed E-state index contributed by atoms with van der Waals surface area (Å²) >= 11 is 0. The fourth-order valence-corrected chi connectivity index (χ4v) is 1.54. The molecule has 2 heterocycles. The van der Waals surface area contributed by atoms with Crippen molar-refractivity contribution in [3.8, 4) is 0 Å². The summed E-state index contributed by atoms with van der Waals surface area (Å²) in [5.41, 5.74) is 0. The van der Waals surface area contributed by atoms with Crippen LogP contribution in [0.3, 0.4) is 0 Å². The molecule has 0 unspecified atom stereocenters. The SMILES string of the molecule is C1=CNCC(N2CCCC2)=N1. The minimum absolute atomic E-state index is 0.899. The zero-order chi connectivity index (χ0) is 7.52. The Labute approximate surface area is 66.8 Å². The van der Waals surface area contributed by atoms with E-state index in [9.17, 15) is 0 Å². The molecular weight excluding hydrogens is 138 g/mol. The summed E-state index contributed by atoms with van der Waals surface area (Å²) in [4.78, 5) is 6.67. The number of hydrogen-bond acceptors (Lipinski definition) is 3. The Morgan fingerprint density at radius 2 is 2.18 bits per heavy atom. The minimum atomic E-state index is 0.899. The van der Waals surface area contributed by atoms with E-state index in [4.69, 9.17) is 0 Å². The van der Waals surface area contributed by atoms with Crippen molar-refractivity contribution in [3.05, 3.63) is 12.4 Å². The fraction of sp³-hybridized carbons (Fsp3) is 0.625. The van der Waals surface area contributed by atoms with Crippen LogP contribution < -0.4 is 5.32 Å². The zero-order valence-electron chi connectivity index (χ0n) is 6.58. The van der Waals surface area contributed by atoms with E-state index in [1.54, 1.807) is 0 Å². The molecule has 2 aliphatic rings. The maximum absolute atomic E-state index is 4.31. The van der Waals surface area contributed by atoms with E-state index in [0.717, 1.165) is 6.54 Å². The number of nitrogens with one attached hydrogen (secondary N) is 1. The van der Waals surface area contributed by atoms with Gasteiger partial charge in [-0.2, -0.15) is 0 Å². The third-order valence-electron chi connectivity index (χ3n) is 2.15. The van der Waals surface area contributed by atoms with Crippen LogP contribution in [-0.4, -0.2) is 30.4 Å². The number of likely N-dealkylation sites (tertiary alicyclic amines) is 1. The van der Waals surface area contributed by atoms with Crippen molar-refractivity contribution < 1.29 is 0 Å². The summed E-state index contributed by atoms with van der Waals surface area (Å²) in [6.45, 7) is 3.28. The van der Waals surface area contributed by atoms with Gasteiger partial charge in [0, 0.05) is 25.5 Å². The molecule has 1 N–H and O–H groups in total. The average molecular weight is 151 g/mol. The molecule has 11 heavy (non-hydrogen) atoms. The Balaban J connectivity index is 2.02. The van der Waals surface area contributed by atoms with Gasteiger partial charge in [-0.1, -0.05) is 0 Å². The van der Waals surface area contributed by atoms with Crippen LogP contribution in [0.5, 0.6) is 0 Å². The summed E-state index contributed by atoms with van der Waals surface area (Å²) in [6, 6.07) is 0. The van der Waals surface area contributed by atoms with Crippen molar-refractivity contribution >= 4 is 5.84 Å². The molecule has 0 amide bonds. The summed E-state index contributed by atoms with van der Waals surface area (Å²) < 4.78 is 0. The lowest BCUT2D eigenvalue weighted by molar-refractivity contribution is 0.507. The Morgan fingerprint density at radius 1 is 1.36 bits per heavy atom. The molecule has 0 aromatic heterocycles. The Kier molecular flexibility index (Phi) is 1.79. The van der Waals surface area contributed by atoms with Gasteiger partial charge in [-0.05, 0) is 12.8 Å². The van der Waals surface area contributed by atoms with E-state index < -0.39 is 0 Å². The van der Waals surface area contributed by atoms with E-state index in [2.05, 4.69) is 15.2 Å². The summed E-state index contributed by atoms with van der Waals surface area (Å²) in [6.07, 6.45) is 6.36. The minimum Gasteiger partial charge on any atom is -0.382 e. The first-order chi connectivity index (χ1) is 5.47. The number of rotatable bonds is 0. The van der Waals surface area contributed by atoms with Crippen LogP contribution in [0.25, 0.3) is 0 Å². The largest absolute Gasteiger partial charge is 0.382 e. The lowest BCUT2D eigenvalue weighted by atomic mass is 10.4. The first kappa shape index (κ1) is 6.70. The van der Waals surface area contributed by atoms with Gasteiger partial charge in [0.05, 0.1) is 6.54 Å². The van der Waals surface area contributed by atoms with Gasteiger partial charge < -0.3 is 10.2 Å². The molecule has 1 fully saturated rings. The van der Waals surface area contributed by atoms with Gasteiger partial charge in [-0.3, -0.25) is 0 Å². The Bertz CT molecular complexity index is 190. The third-order valence-corrected chi connectivity index (χ3v) is 2.15. The number of amidine groups is 1. The van der Waals surface area contributed by atoms with Crippen molar-refractivity contribution in [2.45, 2.75) is 12.8 Å². The predicted octanol–water partition coefficient (Wildman–Crippen LogP) is 0.555. The highest BCUT2D eigenvalue weighted by Crippen LogP contribution is 2.08. The molecule has 0 radical (unpaired) electrons. The summed E-state index contributed by atoms with van der Waals surface area (Å²) in [5.74, 6) is 1.20. The first-order valence-electron chi connectivity index (χ1n) is 4.17. The highest BCUT2D eigenvalue weighted by Gasteiger charge is 2.15. The predicted molar refractivity (Wildman–Crippen MR) is 45.4 cm³/mol. The van der Waals surface area contributed by atoms with Crippen LogP contribution >= 0.6 is 0 Å². The molecule has 3 heteroatoms. The van der Waals surface area contributed by atoms with E-state index in [1.165, 1.54) is 31.8 Å². The second-order valence-corrected chi connectivity index (χ2v) is 2.94. The van der Waals surface area contributed by atoms with Crippen LogP contribution in [-0.2, 0) is 0 Å².